The highest BCUT2D eigenvalue weighted by atomic mass is 32.2. The van der Waals surface area contributed by atoms with Gasteiger partial charge in [0.15, 0.2) is 9.84 Å². The van der Waals surface area contributed by atoms with Crippen LogP contribution in [0.5, 0.6) is 0 Å². The number of thiophene rings is 1. The molecule has 2 rings (SSSR count). The van der Waals surface area contributed by atoms with Gasteiger partial charge >= 0.3 is 0 Å². The molecule has 0 saturated carbocycles. The van der Waals surface area contributed by atoms with Crippen molar-refractivity contribution in [1.29, 1.82) is 0 Å². The Kier molecular flexibility index (Phi) is 5.06. The Morgan fingerprint density at radius 3 is 2.57 bits per heavy atom. The average molecular weight is 372 g/mol. The number of hydrogen-bond donors (Lipinski definition) is 1. The summed E-state index contributed by atoms with van der Waals surface area (Å²) in [4.78, 5) is 1.20. The van der Waals surface area contributed by atoms with E-state index >= 15 is 0 Å². The lowest BCUT2D eigenvalue weighted by molar-refractivity contribution is 0.285. The molecule has 2 heterocycles. The van der Waals surface area contributed by atoms with Gasteiger partial charge in [-0.25, -0.2) is 16.8 Å². The summed E-state index contributed by atoms with van der Waals surface area (Å²) in [6, 6.07) is 1.43. The summed E-state index contributed by atoms with van der Waals surface area (Å²) in [5.41, 5.74) is 0. The van der Waals surface area contributed by atoms with E-state index in [2.05, 4.69) is 0 Å². The van der Waals surface area contributed by atoms with Gasteiger partial charge in [-0.2, -0.15) is 16.1 Å². The van der Waals surface area contributed by atoms with Crippen molar-refractivity contribution in [3.8, 4) is 0 Å². The quantitative estimate of drug-likeness (QED) is 0.836. The Morgan fingerprint density at radius 1 is 1.38 bits per heavy atom. The van der Waals surface area contributed by atoms with E-state index < -0.39 is 25.2 Å². The normalized spacial score (nSPS) is 21.6. The van der Waals surface area contributed by atoms with Crippen LogP contribution in [0.15, 0.2) is 11.0 Å². The fraction of sp³-hybridized carbons (Fsp3) is 0.636. The molecule has 0 amide bonds. The van der Waals surface area contributed by atoms with E-state index in [9.17, 15) is 16.8 Å². The topological polar surface area (TPSA) is 91.8 Å². The maximum absolute atomic E-state index is 12.8. The van der Waals surface area contributed by atoms with E-state index in [1.165, 1.54) is 29.2 Å². The number of nitrogens with zero attached hydrogens (tertiary/aromatic N) is 1. The Bertz CT molecular complexity index is 722. The predicted molar refractivity (Wildman–Crippen MR) is 84.8 cm³/mol. The van der Waals surface area contributed by atoms with E-state index in [1.54, 1.807) is 6.92 Å². The summed E-state index contributed by atoms with van der Waals surface area (Å²) in [5.74, 6) is 0.815. The highest BCUT2D eigenvalue weighted by Gasteiger charge is 2.40. The van der Waals surface area contributed by atoms with E-state index in [-0.39, 0.29) is 23.8 Å². The van der Waals surface area contributed by atoms with Gasteiger partial charge in [-0.3, -0.25) is 0 Å². The lowest BCUT2D eigenvalue weighted by Gasteiger charge is -2.32. The number of aryl methyl sites for hydroxylation is 1. The number of rotatable bonds is 4. The Morgan fingerprint density at radius 2 is 2.05 bits per heavy atom. The zero-order valence-electron chi connectivity index (χ0n) is 11.6. The summed E-state index contributed by atoms with van der Waals surface area (Å²) in [5, 5.41) is 8.11. The van der Waals surface area contributed by atoms with Crippen molar-refractivity contribution < 1.29 is 21.9 Å². The van der Waals surface area contributed by atoms with Gasteiger partial charge in [-0.1, -0.05) is 0 Å². The van der Waals surface area contributed by atoms with Crippen molar-refractivity contribution in [2.45, 2.75) is 23.8 Å². The van der Waals surface area contributed by atoms with Gasteiger partial charge in [0.05, 0.1) is 11.5 Å². The first-order chi connectivity index (χ1) is 9.67. The zero-order valence-corrected chi connectivity index (χ0v) is 14.9. The van der Waals surface area contributed by atoms with Gasteiger partial charge in [0.2, 0.25) is 10.0 Å². The van der Waals surface area contributed by atoms with Gasteiger partial charge < -0.3 is 5.11 Å². The van der Waals surface area contributed by atoms with Crippen LogP contribution in [-0.2, 0) is 26.5 Å². The first-order valence-corrected chi connectivity index (χ1v) is 11.5. The van der Waals surface area contributed by atoms with Gasteiger partial charge in [0.25, 0.3) is 0 Å². The minimum absolute atomic E-state index is 0.0945. The lowest BCUT2D eigenvalue weighted by atomic mass is 10.4. The van der Waals surface area contributed by atoms with Crippen molar-refractivity contribution in [3.63, 3.8) is 0 Å². The number of sulfone groups is 1. The number of sulfonamides is 1. The molecule has 1 unspecified atom stereocenters. The molecule has 1 aliphatic rings. The molecule has 6 nitrogen and oxygen atoms in total. The van der Waals surface area contributed by atoms with Gasteiger partial charge in [-0.15, -0.1) is 11.3 Å². The van der Waals surface area contributed by atoms with Gasteiger partial charge in [0.1, 0.15) is 5.37 Å². The summed E-state index contributed by atoms with van der Waals surface area (Å²) in [7, 11) is -7.37. The highest BCUT2D eigenvalue weighted by Crippen LogP contribution is 2.32. The fourth-order valence-electron chi connectivity index (χ4n) is 2.16. The highest BCUT2D eigenvalue weighted by molar-refractivity contribution is 8.01. The molecule has 1 aromatic heterocycles. The van der Waals surface area contributed by atoms with Gasteiger partial charge in [0, 0.05) is 34.1 Å². The Hall–Kier alpha value is -0.130. The van der Waals surface area contributed by atoms with Crippen LogP contribution in [-0.4, -0.2) is 55.9 Å². The molecule has 21 heavy (non-hydrogen) atoms. The largest absolute Gasteiger partial charge is 0.391 e. The summed E-state index contributed by atoms with van der Waals surface area (Å²) in [6.07, 6.45) is 1.06. The maximum atomic E-state index is 12.8. The van der Waals surface area contributed by atoms with Crippen LogP contribution in [0.25, 0.3) is 0 Å². The van der Waals surface area contributed by atoms with Gasteiger partial charge in [-0.05, 0) is 13.0 Å². The smallest absolute Gasteiger partial charge is 0.245 e. The molecule has 1 saturated heterocycles. The Balaban J connectivity index is 2.48. The second-order valence-corrected chi connectivity index (χ2v) is 11.3. The predicted octanol–water partition coefficient (Wildman–Crippen LogP) is 0.657. The Labute approximate surface area is 133 Å². The third-order valence-corrected chi connectivity index (χ3v) is 9.17. The minimum Gasteiger partial charge on any atom is -0.391 e. The fourth-order valence-corrected chi connectivity index (χ4v) is 8.80. The van der Waals surface area contributed by atoms with Crippen LogP contribution in [0, 0.1) is 6.92 Å². The number of thioether (sulfide) groups is 1. The molecule has 1 fully saturated rings. The maximum Gasteiger partial charge on any atom is 0.245 e. The first kappa shape index (κ1) is 17.2. The molecule has 10 heteroatoms. The van der Waals surface area contributed by atoms with Crippen LogP contribution >= 0.6 is 23.1 Å². The van der Waals surface area contributed by atoms with Crippen molar-refractivity contribution in [2.24, 2.45) is 0 Å². The molecule has 0 spiro atoms. The second-order valence-electron chi connectivity index (χ2n) is 4.77. The molecule has 0 radical (unpaired) electrons. The summed E-state index contributed by atoms with van der Waals surface area (Å²) >= 11 is 2.64. The molecule has 120 valence electrons. The SMILES string of the molecule is Cc1sc(CO)cc1S(=O)(=O)N1CCSCC1S(C)(=O)=O. The van der Waals surface area contributed by atoms with Crippen LogP contribution in [0.4, 0.5) is 0 Å². The van der Waals surface area contributed by atoms with Crippen molar-refractivity contribution in [3.05, 3.63) is 15.8 Å². The van der Waals surface area contributed by atoms with Crippen molar-refractivity contribution >= 4 is 43.0 Å². The van der Waals surface area contributed by atoms with Crippen LogP contribution in [0.3, 0.4) is 0 Å². The second kappa shape index (κ2) is 6.17. The lowest BCUT2D eigenvalue weighted by Crippen LogP contribution is -2.49. The molecule has 1 atom stereocenters. The number of hydrogen-bond acceptors (Lipinski definition) is 7. The van der Waals surface area contributed by atoms with Crippen molar-refractivity contribution in [2.75, 3.05) is 24.3 Å². The molecule has 1 N–H and O–H groups in total. The van der Waals surface area contributed by atoms with Crippen LogP contribution in [0.1, 0.15) is 9.75 Å². The standard InChI is InChI=1S/C11H17NO5S4/c1-8-10(5-9(6-13)19-8)21(16,17)12-3-4-18-7-11(12)20(2,14)15/h5,11,13H,3-4,6-7H2,1-2H3. The summed E-state index contributed by atoms with van der Waals surface area (Å²) < 4.78 is 50.4. The van der Waals surface area contributed by atoms with E-state index in [0.717, 1.165) is 10.6 Å². The third-order valence-electron chi connectivity index (χ3n) is 3.20. The minimum atomic E-state index is -3.87. The van der Waals surface area contributed by atoms with Crippen LogP contribution < -0.4 is 0 Å². The van der Waals surface area contributed by atoms with E-state index in [1.807, 2.05) is 0 Å². The van der Waals surface area contributed by atoms with E-state index in [0.29, 0.717) is 15.5 Å². The van der Waals surface area contributed by atoms with Crippen molar-refractivity contribution in [1.82, 2.24) is 4.31 Å². The molecule has 0 aromatic carbocycles. The molecular weight excluding hydrogens is 354 g/mol. The average Bonchev–Trinajstić information content (AvgIpc) is 2.80. The third kappa shape index (κ3) is 3.45. The molecule has 1 aliphatic heterocycles. The molecule has 0 bridgehead atoms. The first-order valence-electron chi connectivity index (χ1n) is 6.16. The molecule has 1 aromatic rings. The number of aliphatic hydroxyl groups is 1. The number of aliphatic hydroxyl groups excluding tert-OH is 1. The van der Waals surface area contributed by atoms with Crippen LogP contribution in [0.2, 0.25) is 0 Å². The molecular formula is C11H17NO5S4. The molecule has 0 aliphatic carbocycles. The van der Waals surface area contributed by atoms with E-state index in [4.69, 9.17) is 5.11 Å². The monoisotopic (exact) mass is 371 g/mol. The zero-order chi connectivity index (χ0) is 15.8. The summed E-state index contributed by atoms with van der Waals surface area (Å²) in [6.45, 7) is 1.60.